The normalized spacial score (nSPS) is 17.2. The van der Waals surface area contributed by atoms with E-state index in [-0.39, 0.29) is 24.9 Å². The molecule has 2 aromatic heterocycles. The Labute approximate surface area is 219 Å². The molecule has 1 saturated heterocycles. The lowest BCUT2D eigenvalue weighted by Crippen LogP contribution is -2.50. The van der Waals surface area contributed by atoms with E-state index in [9.17, 15) is 9.18 Å². The summed E-state index contributed by atoms with van der Waals surface area (Å²) in [5.74, 6) is 1.58. The Morgan fingerprint density at radius 2 is 2.11 bits per heavy atom. The van der Waals surface area contributed by atoms with Crippen LogP contribution >= 0.6 is 0 Å². The lowest BCUT2D eigenvalue weighted by Gasteiger charge is -2.35. The molecule has 12 heteroatoms. The number of aromatic amines is 2. The van der Waals surface area contributed by atoms with Crippen molar-refractivity contribution >= 4 is 35.2 Å². The van der Waals surface area contributed by atoms with Crippen LogP contribution in [-0.2, 0) is 4.79 Å². The summed E-state index contributed by atoms with van der Waals surface area (Å²) in [6.45, 7) is 8.19. The number of hydrogen-bond donors (Lipinski definition) is 4. The fourth-order valence-electron chi connectivity index (χ4n) is 4.54. The number of rotatable bonds is 10. The standard InChI is InChI=1S/C26H32FN9O2/c1-16-11-18-19(31-16)5-6-21(26(18)27)38-15-30-25(36-9-7-35(8-10-36)14-22(28)37)13-23(29-2)32-24-12-20(33-34-24)17-3-4-17/h5-6,11-13,17,31H,2-4,7-10,14-15H2,1H3,(H2,28,37)(H2,32,33,34)/b23-13+,30-25+. The molecule has 1 amide bonds. The maximum Gasteiger partial charge on any atom is 0.231 e. The highest BCUT2D eigenvalue weighted by Crippen LogP contribution is 2.39. The number of H-pyrrole nitrogens is 2. The summed E-state index contributed by atoms with van der Waals surface area (Å²) in [4.78, 5) is 27.2. The topological polar surface area (TPSA) is 140 Å². The number of nitrogens with zero attached hydrogens (tertiary/aromatic N) is 5. The van der Waals surface area contributed by atoms with Crippen molar-refractivity contribution in [2.24, 2.45) is 15.7 Å². The first kappa shape index (κ1) is 25.5. The molecule has 2 aliphatic rings. The van der Waals surface area contributed by atoms with Crippen LogP contribution in [0.2, 0.25) is 0 Å². The number of amides is 1. The Balaban J connectivity index is 1.33. The van der Waals surface area contributed by atoms with Crippen LogP contribution in [0, 0.1) is 12.7 Å². The van der Waals surface area contributed by atoms with Crippen LogP contribution < -0.4 is 15.8 Å². The highest BCUT2D eigenvalue weighted by Gasteiger charge is 2.26. The van der Waals surface area contributed by atoms with Crippen molar-refractivity contribution in [1.82, 2.24) is 25.0 Å². The third kappa shape index (κ3) is 6.02. The molecule has 5 N–H and O–H groups in total. The molecular formula is C26H32FN9O2. The number of aryl methyl sites for hydroxylation is 1. The number of carbonyl (C=O) groups is 1. The number of amidine groups is 1. The number of ether oxygens (including phenoxy) is 1. The zero-order valence-corrected chi connectivity index (χ0v) is 21.3. The van der Waals surface area contributed by atoms with Crippen molar-refractivity contribution in [1.29, 1.82) is 0 Å². The average Bonchev–Trinajstić information content (AvgIpc) is 3.52. The van der Waals surface area contributed by atoms with Gasteiger partial charge in [0.05, 0.1) is 6.54 Å². The van der Waals surface area contributed by atoms with Gasteiger partial charge in [0, 0.05) is 66.5 Å². The Hall–Kier alpha value is -4.19. The minimum absolute atomic E-state index is 0.0994. The van der Waals surface area contributed by atoms with Crippen LogP contribution in [0.25, 0.3) is 10.9 Å². The number of benzene rings is 1. The zero-order chi connectivity index (χ0) is 26.6. The molecule has 3 aromatic rings. The minimum atomic E-state index is -0.431. The van der Waals surface area contributed by atoms with E-state index < -0.39 is 5.82 Å². The van der Waals surface area contributed by atoms with Crippen LogP contribution in [0.1, 0.15) is 30.1 Å². The molecule has 2 fully saturated rings. The molecule has 38 heavy (non-hydrogen) atoms. The Morgan fingerprint density at radius 1 is 1.32 bits per heavy atom. The molecule has 0 radical (unpaired) electrons. The molecular weight excluding hydrogens is 489 g/mol. The molecule has 0 atom stereocenters. The van der Waals surface area contributed by atoms with E-state index in [1.165, 1.54) is 12.8 Å². The van der Waals surface area contributed by atoms with Crippen molar-refractivity contribution < 1.29 is 13.9 Å². The van der Waals surface area contributed by atoms with Crippen molar-refractivity contribution in [2.45, 2.75) is 25.7 Å². The van der Waals surface area contributed by atoms with Gasteiger partial charge in [0.25, 0.3) is 0 Å². The predicted molar refractivity (Wildman–Crippen MR) is 145 cm³/mol. The van der Waals surface area contributed by atoms with E-state index in [1.54, 1.807) is 24.3 Å². The molecule has 200 valence electrons. The average molecular weight is 522 g/mol. The summed E-state index contributed by atoms with van der Waals surface area (Å²) >= 11 is 0. The van der Waals surface area contributed by atoms with Gasteiger partial charge in [-0.2, -0.15) is 5.10 Å². The number of aliphatic imine (C=N–C) groups is 2. The molecule has 1 aromatic carbocycles. The van der Waals surface area contributed by atoms with Gasteiger partial charge in [0.1, 0.15) is 11.7 Å². The number of hydrogen-bond acceptors (Lipinski definition) is 7. The second kappa shape index (κ2) is 11.1. The monoisotopic (exact) mass is 521 g/mol. The number of nitrogens with one attached hydrogen (secondary N) is 3. The number of primary amides is 1. The summed E-state index contributed by atoms with van der Waals surface area (Å²) in [6.07, 6.45) is 4.10. The lowest BCUT2D eigenvalue weighted by atomic mass is 10.2. The number of piperazine rings is 1. The molecule has 0 bridgehead atoms. The molecule has 11 nitrogen and oxygen atoms in total. The molecule has 0 unspecified atom stereocenters. The van der Waals surface area contributed by atoms with Crippen molar-refractivity contribution in [3.8, 4) is 5.75 Å². The number of nitrogens with two attached hydrogens (primary N) is 1. The van der Waals surface area contributed by atoms with Crippen molar-refractivity contribution in [2.75, 3.05) is 44.8 Å². The van der Waals surface area contributed by atoms with Gasteiger partial charge < -0.3 is 25.7 Å². The number of fused-ring (bicyclic) bond motifs is 1. The first-order valence-corrected chi connectivity index (χ1v) is 12.6. The number of aromatic nitrogens is 3. The van der Waals surface area contributed by atoms with Crippen LogP contribution in [0.3, 0.4) is 0 Å². The summed E-state index contributed by atoms with van der Waals surface area (Å²) in [7, 11) is 0. The first-order valence-electron chi connectivity index (χ1n) is 12.6. The van der Waals surface area contributed by atoms with Gasteiger partial charge in [-0.25, -0.2) is 14.4 Å². The van der Waals surface area contributed by atoms with Crippen LogP contribution in [0.15, 0.2) is 46.1 Å². The maximum absolute atomic E-state index is 15.0. The quantitative estimate of drug-likeness (QED) is 0.239. The van der Waals surface area contributed by atoms with Crippen LogP contribution in [0.5, 0.6) is 5.75 Å². The van der Waals surface area contributed by atoms with Gasteiger partial charge in [-0.1, -0.05) is 0 Å². The third-order valence-electron chi connectivity index (χ3n) is 6.67. The van der Waals surface area contributed by atoms with Crippen molar-refractivity contribution in [3.63, 3.8) is 0 Å². The highest BCUT2D eigenvalue weighted by molar-refractivity contribution is 5.94. The highest BCUT2D eigenvalue weighted by atomic mass is 19.1. The van der Waals surface area contributed by atoms with Crippen LogP contribution in [0.4, 0.5) is 10.2 Å². The largest absolute Gasteiger partial charge is 0.468 e. The van der Waals surface area contributed by atoms with Gasteiger partial charge in [-0.15, -0.1) is 0 Å². The van der Waals surface area contributed by atoms with E-state index >= 15 is 0 Å². The summed E-state index contributed by atoms with van der Waals surface area (Å²) in [5.41, 5.74) is 8.04. The van der Waals surface area contributed by atoms with Gasteiger partial charge >= 0.3 is 0 Å². The van der Waals surface area contributed by atoms with E-state index in [0.717, 1.165) is 11.4 Å². The van der Waals surface area contributed by atoms with Crippen molar-refractivity contribution in [3.05, 3.63) is 53.4 Å². The van der Waals surface area contributed by atoms with Gasteiger partial charge in [-0.05, 0) is 44.7 Å². The van der Waals surface area contributed by atoms with Crippen LogP contribution in [-0.4, -0.2) is 82.9 Å². The second-order valence-electron chi connectivity index (χ2n) is 9.61. The zero-order valence-electron chi connectivity index (χ0n) is 21.3. The molecule has 3 heterocycles. The summed E-state index contributed by atoms with van der Waals surface area (Å²) < 4.78 is 20.7. The van der Waals surface area contributed by atoms with E-state index in [2.05, 4.69) is 42.1 Å². The number of carbonyl (C=O) groups excluding carboxylic acids is 1. The second-order valence-corrected chi connectivity index (χ2v) is 9.61. The molecule has 1 aliphatic carbocycles. The fraction of sp³-hybridized carbons (Fsp3) is 0.385. The Kier molecular flexibility index (Phi) is 7.40. The maximum atomic E-state index is 15.0. The van der Waals surface area contributed by atoms with E-state index in [0.29, 0.717) is 60.5 Å². The first-order chi connectivity index (χ1) is 18.4. The minimum Gasteiger partial charge on any atom is -0.468 e. The van der Waals surface area contributed by atoms with Gasteiger partial charge in [0.2, 0.25) is 5.91 Å². The molecule has 1 aliphatic heterocycles. The van der Waals surface area contributed by atoms with Gasteiger partial charge in [0.15, 0.2) is 24.1 Å². The Bertz CT molecular complexity index is 1380. The lowest BCUT2D eigenvalue weighted by molar-refractivity contribution is -0.119. The molecule has 0 spiro atoms. The van der Waals surface area contributed by atoms with E-state index in [1.807, 2.05) is 17.9 Å². The summed E-state index contributed by atoms with van der Waals surface area (Å²) in [6, 6.07) is 7.10. The SMILES string of the molecule is C=N/C(=C\C(=N/COc1ccc2[nH]c(C)cc2c1F)N1CCN(CC(N)=O)CC1)Nc1cc(C2CC2)[nH]n1. The predicted octanol–water partition coefficient (Wildman–Crippen LogP) is 2.71. The summed E-state index contributed by atoms with van der Waals surface area (Å²) in [5, 5.41) is 11.0. The van der Waals surface area contributed by atoms with Gasteiger partial charge in [-0.3, -0.25) is 14.8 Å². The number of halogens is 1. The fourth-order valence-corrected chi connectivity index (χ4v) is 4.54. The molecule has 5 rings (SSSR count). The third-order valence-corrected chi connectivity index (χ3v) is 6.67. The molecule has 1 saturated carbocycles. The Morgan fingerprint density at radius 3 is 2.82 bits per heavy atom. The smallest absolute Gasteiger partial charge is 0.231 e. The number of anilines is 1. The van der Waals surface area contributed by atoms with E-state index in [4.69, 9.17) is 10.5 Å².